The molecule has 0 heterocycles. The number of halogens is 1. The van der Waals surface area contributed by atoms with E-state index in [1.807, 2.05) is 6.08 Å². The number of hydrogen-bond donors (Lipinski definition) is 1. The normalized spacial score (nSPS) is 27.1. The molecule has 0 saturated heterocycles. The average molecular weight is 292 g/mol. The van der Waals surface area contributed by atoms with Gasteiger partial charge in [0.15, 0.2) is 0 Å². The van der Waals surface area contributed by atoms with Crippen molar-refractivity contribution in [1.82, 2.24) is 0 Å². The van der Waals surface area contributed by atoms with E-state index in [1.54, 1.807) is 24.3 Å². The fourth-order valence-electron chi connectivity index (χ4n) is 3.08. The maximum Gasteiger partial charge on any atom is 0.293 e. The van der Waals surface area contributed by atoms with E-state index in [4.69, 9.17) is 16.3 Å². The van der Waals surface area contributed by atoms with E-state index in [1.165, 1.54) is 0 Å². The molecule has 2 aliphatic carbocycles. The zero-order chi connectivity index (χ0) is 14.1. The van der Waals surface area contributed by atoms with E-state index in [9.17, 15) is 9.59 Å². The molecule has 1 fully saturated rings. The standard InChI is InChI=1S/C15H14ClNO3/c16-10-1-3-11(4-2-10)17-15(19)13-6-9-5-12(13)14(7-9)20-8-18/h1-4,6,8-9,12,14H,5,7H2,(H,17,19). The topological polar surface area (TPSA) is 55.4 Å². The Morgan fingerprint density at radius 2 is 2.05 bits per heavy atom. The molecule has 4 nitrogen and oxygen atoms in total. The molecule has 1 saturated carbocycles. The van der Waals surface area contributed by atoms with Gasteiger partial charge in [-0.05, 0) is 43.0 Å². The third-order valence-electron chi connectivity index (χ3n) is 3.95. The van der Waals surface area contributed by atoms with Crippen LogP contribution < -0.4 is 5.32 Å². The highest BCUT2D eigenvalue weighted by Gasteiger charge is 2.44. The minimum Gasteiger partial charge on any atom is -0.464 e. The Hall–Kier alpha value is -1.81. The fourth-order valence-corrected chi connectivity index (χ4v) is 3.21. The molecular formula is C15H14ClNO3. The van der Waals surface area contributed by atoms with Crippen LogP contribution in [0.15, 0.2) is 35.9 Å². The Kier molecular flexibility index (Phi) is 3.49. The minimum atomic E-state index is -0.159. The first-order chi connectivity index (χ1) is 9.67. The predicted octanol–water partition coefficient (Wildman–Crippen LogP) is 2.79. The maximum atomic E-state index is 12.3. The molecule has 1 aromatic rings. The summed E-state index contributed by atoms with van der Waals surface area (Å²) in [6.45, 7) is 0.472. The Morgan fingerprint density at radius 1 is 1.30 bits per heavy atom. The van der Waals surface area contributed by atoms with Crippen LogP contribution in [-0.2, 0) is 14.3 Å². The third-order valence-corrected chi connectivity index (χ3v) is 4.20. The van der Waals surface area contributed by atoms with Crippen molar-refractivity contribution >= 4 is 29.7 Å². The molecule has 3 atom stereocenters. The first-order valence-electron chi connectivity index (χ1n) is 6.55. The number of allylic oxidation sites excluding steroid dienone is 1. The maximum absolute atomic E-state index is 12.3. The summed E-state index contributed by atoms with van der Waals surface area (Å²) < 4.78 is 5.06. The molecule has 3 unspecified atom stereocenters. The molecule has 0 spiro atoms. The van der Waals surface area contributed by atoms with E-state index in [0.29, 0.717) is 23.1 Å². The average Bonchev–Trinajstić information content (AvgIpc) is 3.01. The highest BCUT2D eigenvalue weighted by Crippen LogP contribution is 2.45. The van der Waals surface area contributed by atoms with Gasteiger partial charge in [-0.3, -0.25) is 9.59 Å². The van der Waals surface area contributed by atoms with Crippen molar-refractivity contribution < 1.29 is 14.3 Å². The van der Waals surface area contributed by atoms with Gasteiger partial charge in [-0.1, -0.05) is 17.7 Å². The fraction of sp³-hybridized carbons (Fsp3) is 0.333. The van der Waals surface area contributed by atoms with Gasteiger partial charge in [-0.25, -0.2) is 0 Å². The summed E-state index contributed by atoms with van der Waals surface area (Å²) in [6, 6.07) is 6.97. The molecule has 2 aliphatic rings. The van der Waals surface area contributed by atoms with E-state index in [0.717, 1.165) is 18.4 Å². The molecule has 2 bridgehead atoms. The molecular weight excluding hydrogens is 278 g/mol. The van der Waals surface area contributed by atoms with Crippen LogP contribution >= 0.6 is 11.6 Å². The number of ether oxygens (including phenoxy) is 1. The molecule has 0 aliphatic heterocycles. The summed E-state index contributed by atoms with van der Waals surface area (Å²) in [4.78, 5) is 22.8. The van der Waals surface area contributed by atoms with Gasteiger partial charge in [-0.2, -0.15) is 0 Å². The molecule has 0 radical (unpaired) electrons. The van der Waals surface area contributed by atoms with Crippen molar-refractivity contribution in [2.24, 2.45) is 11.8 Å². The van der Waals surface area contributed by atoms with Gasteiger partial charge in [0.05, 0.1) is 0 Å². The lowest BCUT2D eigenvalue weighted by Crippen LogP contribution is -2.27. The lowest BCUT2D eigenvalue weighted by molar-refractivity contribution is -0.135. The second-order valence-corrected chi connectivity index (χ2v) is 5.63. The van der Waals surface area contributed by atoms with Crippen LogP contribution in [0.4, 0.5) is 5.69 Å². The van der Waals surface area contributed by atoms with Gasteiger partial charge in [0.1, 0.15) is 6.10 Å². The smallest absolute Gasteiger partial charge is 0.293 e. The highest BCUT2D eigenvalue weighted by atomic mass is 35.5. The summed E-state index contributed by atoms with van der Waals surface area (Å²) in [5.41, 5.74) is 1.43. The summed E-state index contributed by atoms with van der Waals surface area (Å²) in [5.74, 6) is 0.243. The lowest BCUT2D eigenvalue weighted by Gasteiger charge is -2.21. The SMILES string of the molecule is O=COC1CC2C=C(C(=O)Nc3ccc(Cl)cc3)C1C2. The van der Waals surface area contributed by atoms with Crippen molar-refractivity contribution in [3.63, 3.8) is 0 Å². The van der Waals surface area contributed by atoms with Gasteiger partial charge < -0.3 is 10.1 Å². The van der Waals surface area contributed by atoms with Crippen molar-refractivity contribution in [2.45, 2.75) is 18.9 Å². The van der Waals surface area contributed by atoms with Gasteiger partial charge in [0.25, 0.3) is 12.4 Å². The number of carbonyl (C=O) groups is 2. The molecule has 3 rings (SSSR count). The first kappa shape index (κ1) is 13.2. The lowest BCUT2D eigenvalue weighted by atomic mass is 9.95. The number of carbonyl (C=O) groups excluding carboxylic acids is 2. The van der Waals surface area contributed by atoms with Crippen molar-refractivity contribution in [3.05, 3.63) is 40.9 Å². The van der Waals surface area contributed by atoms with Crippen LogP contribution in [0, 0.1) is 11.8 Å². The van der Waals surface area contributed by atoms with Gasteiger partial charge >= 0.3 is 0 Å². The number of hydrogen-bond acceptors (Lipinski definition) is 3. The molecule has 5 heteroatoms. The molecule has 1 N–H and O–H groups in total. The number of fused-ring (bicyclic) bond motifs is 2. The third kappa shape index (κ3) is 2.43. The zero-order valence-corrected chi connectivity index (χ0v) is 11.5. The Labute approximate surface area is 121 Å². The van der Waals surface area contributed by atoms with Crippen molar-refractivity contribution in [1.29, 1.82) is 0 Å². The quantitative estimate of drug-likeness (QED) is 0.868. The summed E-state index contributed by atoms with van der Waals surface area (Å²) in [6.07, 6.45) is 3.55. The molecule has 104 valence electrons. The second-order valence-electron chi connectivity index (χ2n) is 5.19. The molecule has 1 amide bonds. The molecule has 1 aromatic carbocycles. The first-order valence-corrected chi connectivity index (χ1v) is 6.93. The van der Waals surface area contributed by atoms with Crippen LogP contribution in [0.2, 0.25) is 5.02 Å². The van der Waals surface area contributed by atoms with Gasteiger partial charge in [0, 0.05) is 22.2 Å². The summed E-state index contributed by atoms with van der Waals surface area (Å²) in [7, 11) is 0. The summed E-state index contributed by atoms with van der Waals surface area (Å²) >= 11 is 5.81. The Balaban J connectivity index is 1.70. The molecule has 20 heavy (non-hydrogen) atoms. The van der Waals surface area contributed by atoms with Gasteiger partial charge in [0.2, 0.25) is 0 Å². The number of anilines is 1. The van der Waals surface area contributed by atoms with Crippen molar-refractivity contribution in [3.8, 4) is 0 Å². The van der Waals surface area contributed by atoms with E-state index >= 15 is 0 Å². The van der Waals surface area contributed by atoms with Crippen LogP contribution in [0.1, 0.15) is 12.8 Å². The van der Waals surface area contributed by atoms with E-state index in [2.05, 4.69) is 5.32 Å². The largest absolute Gasteiger partial charge is 0.464 e. The van der Waals surface area contributed by atoms with Crippen LogP contribution in [0.5, 0.6) is 0 Å². The van der Waals surface area contributed by atoms with Crippen molar-refractivity contribution in [2.75, 3.05) is 5.32 Å². The van der Waals surface area contributed by atoms with Crippen LogP contribution in [0.25, 0.3) is 0 Å². The highest BCUT2D eigenvalue weighted by molar-refractivity contribution is 6.30. The van der Waals surface area contributed by atoms with Gasteiger partial charge in [-0.15, -0.1) is 0 Å². The zero-order valence-electron chi connectivity index (χ0n) is 10.7. The Morgan fingerprint density at radius 3 is 2.70 bits per heavy atom. The number of amides is 1. The predicted molar refractivity (Wildman–Crippen MR) is 75.3 cm³/mol. The van der Waals surface area contributed by atoms with E-state index in [-0.39, 0.29) is 17.9 Å². The number of nitrogens with one attached hydrogen (secondary N) is 1. The minimum absolute atomic E-state index is 0.0255. The van der Waals surface area contributed by atoms with Crippen LogP contribution in [0.3, 0.4) is 0 Å². The van der Waals surface area contributed by atoms with Crippen LogP contribution in [-0.4, -0.2) is 18.5 Å². The molecule has 0 aromatic heterocycles. The second kappa shape index (κ2) is 5.29. The monoisotopic (exact) mass is 291 g/mol. The summed E-state index contributed by atoms with van der Waals surface area (Å²) in [5, 5.41) is 3.48. The van der Waals surface area contributed by atoms with E-state index < -0.39 is 0 Å². The number of benzene rings is 1. The Bertz CT molecular complexity index is 567. The number of rotatable bonds is 4.